The van der Waals surface area contributed by atoms with Gasteiger partial charge in [-0.05, 0) is 38.0 Å². The summed E-state index contributed by atoms with van der Waals surface area (Å²) in [6, 6.07) is 4.51. The SMILES string of the molecule is Cc1cc(CN)cc(N(C)C2CCOC2C)n1. The van der Waals surface area contributed by atoms with Crippen LogP contribution in [0.4, 0.5) is 5.82 Å². The predicted octanol–water partition coefficient (Wildman–Crippen LogP) is 1.46. The van der Waals surface area contributed by atoms with Crippen LogP contribution in [0.2, 0.25) is 0 Å². The maximum atomic E-state index is 5.70. The molecule has 94 valence electrons. The van der Waals surface area contributed by atoms with Crippen molar-refractivity contribution in [1.82, 2.24) is 4.98 Å². The fraction of sp³-hybridized carbons (Fsp3) is 0.615. The maximum Gasteiger partial charge on any atom is 0.129 e. The Morgan fingerprint density at radius 3 is 2.88 bits per heavy atom. The van der Waals surface area contributed by atoms with Gasteiger partial charge in [0.2, 0.25) is 0 Å². The monoisotopic (exact) mass is 235 g/mol. The van der Waals surface area contributed by atoms with Gasteiger partial charge in [-0.15, -0.1) is 0 Å². The minimum atomic E-state index is 0.267. The van der Waals surface area contributed by atoms with Crippen molar-refractivity contribution in [2.45, 2.75) is 39.0 Å². The van der Waals surface area contributed by atoms with Crippen LogP contribution in [0.25, 0.3) is 0 Å². The first-order chi connectivity index (χ1) is 8.11. The number of likely N-dealkylation sites (N-methyl/N-ethyl adjacent to an activating group) is 1. The van der Waals surface area contributed by atoms with Crippen molar-refractivity contribution in [3.8, 4) is 0 Å². The highest BCUT2D eigenvalue weighted by Gasteiger charge is 2.28. The first-order valence-electron chi connectivity index (χ1n) is 6.14. The summed E-state index contributed by atoms with van der Waals surface area (Å²) in [5.41, 5.74) is 7.84. The fourth-order valence-electron chi connectivity index (χ4n) is 2.42. The highest BCUT2D eigenvalue weighted by molar-refractivity contribution is 5.43. The maximum absolute atomic E-state index is 5.70. The van der Waals surface area contributed by atoms with E-state index in [9.17, 15) is 0 Å². The first kappa shape index (κ1) is 12.3. The average molecular weight is 235 g/mol. The van der Waals surface area contributed by atoms with Crippen molar-refractivity contribution >= 4 is 5.82 Å². The Bertz CT molecular complexity index is 394. The molecule has 0 saturated carbocycles. The third-order valence-corrected chi connectivity index (χ3v) is 3.43. The molecule has 2 N–H and O–H groups in total. The van der Waals surface area contributed by atoms with Crippen LogP contribution in [0.15, 0.2) is 12.1 Å². The van der Waals surface area contributed by atoms with Gasteiger partial charge >= 0.3 is 0 Å². The third kappa shape index (κ3) is 2.58. The lowest BCUT2D eigenvalue weighted by molar-refractivity contribution is 0.118. The van der Waals surface area contributed by atoms with E-state index in [0.717, 1.165) is 30.1 Å². The van der Waals surface area contributed by atoms with Crippen LogP contribution in [-0.4, -0.2) is 30.8 Å². The highest BCUT2D eigenvalue weighted by atomic mass is 16.5. The third-order valence-electron chi connectivity index (χ3n) is 3.43. The van der Waals surface area contributed by atoms with Gasteiger partial charge in [-0.25, -0.2) is 4.98 Å². The second-order valence-electron chi connectivity index (χ2n) is 4.72. The standard InChI is InChI=1S/C13H21N3O/c1-9-6-11(8-14)7-13(15-9)16(3)12-4-5-17-10(12)2/h6-7,10,12H,4-5,8,14H2,1-3H3. The van der Waals surface area contributed by atoms with Crippen molar-refractivity contribution in [3.63, 3.8) is 0 Å². The quantitative estimate of drug-likeness (QED) is 0.862. The number of ether oxygens (including phenoxy) is 1. The number of pyridine rings is 1. The molecule has 1 fully saturated rings. The molecule has 4 heteroatoms. The summed E-state index contributed by atoms with van der Waals surface area (Å²) in [5.74, 6) is 0.993. The summed E-state index contributed by atoms with van der Waals surface area (Å²) in [6.07, 6.45) is 1.33. The zero-order valence-electron chi connectivity index (χ0n) is 10.8. The van der Waals surface area contributed by atoms with Gasteiger partial charge in [0.1, 0.15) is 5.82 Å². The van der Waals surface area contributed by atoms with Gasteiger partial charge in [-0.2, -0.15) is 0 Å². The lowest BCUT2D eigenvalue weighted by atomic mass is 10.1. The Labute approximate surface area is 103 Å². The van der Waals surface area contributed by atoms with Crippen molar-refractivity contribution < 1.29 is 4.74 Å². The molecule has 2 atom stereocenters. The van der Waals surface area contributed by atoms with E-state index < -0.39 is 0 Å². The van der Waals surface area contributed by atoms with Crippen LogP contribution in [-0.2, 0) is 11.3 Å². The van der Waals surface area contributed by atoms with E-state index in [1.165, 1.54) is 0 Å². The minimum Gasteiger partial charge on any atom is -0.376 e. The molecule has 4 nitrogen and oxygen atoms in total. The van der Waals surface area contributed by atoms with Gasteiger partial charge in [0, 0.05) is 25.9 Å². The van der Waals surface area contributed by atoms with Gasteiger partial charge in [0.25, 0.3) is 0 Å². The predicted molar refractivity (Wildman–Crippen MR) is 69.1 cm³/mol. The number of hydrogen-bond acceptors (Lipinski definition) is 4. The second kappa shape index (κ2) is 5.02. The summed E-state index contributed by atoms with van der Waals surface area (Å²) in [5, 5.41) is 0. The van der Waals surface area contributed by atoms with E-state index >= 15 is 0 Å². The molecule has 0 spiro atoms. The highest BCUT2D eigenvalue weighted by Crippen LogP contribution is 2.23. The molecule has 0 aromatic carbocycles. The Hall–Kier alpha value is -1.13. The number of aryl methyl sites for hydroxylation is 1. The summed E-state index contributed by atoms with van der Waals surface area (Å²) < 4.78 is 5.60. The summed E-state index contributed by atoms with van der Waals surface area (Å²) in [4.78, 5) is 6.79. The molecule has 2 heterocycles. The van der Waals surface area contributed by atoms with Gasteiger partial charge in [0.15, 0.2) is 0 Å². The van der Waals surface area contributed by atoms with Crippen molar-refractivity contribution in [2.24, 2.45) is 5.73 Å². The number of hydrogen-bond donors (Lipinski definition) is 1. The van der Waals surface area contributed by atoms with Gasteiger partial charge in [0.05, 0.1) is 12.1 Å². The summed E-state index contributed by atoms with van der Waals surface area (Å²) in [6.45, 7) is 5.52. The van der Waals surface area contributed by atoms with Crippen LogP contribution in [0.3, 0.4) is 0 Å². The number of anilines is 1. The van der Waals surface area contributed by atoms with Crippen LogP contribution in [0, 0.1) is 6.92 Å². The van der Waals surface area contributed by atoms with E-state index in [0.29, 0.717) is 12.6 Å². The zero-order valence-corrected chi connectivity index (χ0v) is 10.8. The van der Waals surface area contributed by atoms with E-state index in [-0.39, 0.29) is 6.10 Å². The smallest absolute Gasteiger partial charge is 0.129 e. The number of nitrogens with two attached hydrogens (primary N) is 1. The molecule has 1 saturated heterocycles. The fourth-order valence-corrected chi connectivity index (χ4v) is 2.42. The van der Waals surface area contributed by atoms with Gasteiger partial charge in [-0.3, -0.25) is 0 Å². The molecule has 0 radical (unpaired) electrons. The van der Waals surface area contributed by atoms with Crippen LogP contribution >= 0.6 is 0 Å². The summed E-state index contributed by atoms with van der Waals surface area (Å²) in [7, 11) is 2.08. The topological polar surface area (TPSA) is 51.4 Å². The minimum absolute atomic E-state index is 0.267. The van der Waals surface area contributed by atoms with E-state index in [1.54, 1.807) is 0 Å². The molecule has 1 aromatic rings. The Balaban J connectivity index is 2.23. The molecule has 1 aromatic heterocycles. The van der Waals surface area contributed by atoms with Crippen molar-refractivity contribution in [1.29, 1.82) is 0 Å². The van der Waals surface area contributed by atoms with Crippen molar-refractivity contribution in [3.05, 3.63) is 23.4 Å². The Morgan fingerprint density at radius 2 is 2.29 bits per heavy atom. The van der Waals surface area contributed by atoms with Crippen LogP contribution in [0.5, 0.6) is 0 Å². The zero-order chi connectivity index (χ0) is 12.4. The van der Waals surface area contributed by atoms with Crippen molar-refractivity contribution in [2.75, 3.05) is 18.6 Å². The Kier molecular flexibility index (Phi) is 3.64. The lowest BCUT2D eigenvalue weighted by Gasteiger charge is -2.28. The molecule has 2 rings (SSSR count). The molecule has 0 amide bonds. The molecular weight excluding hydrogens is 214 g/mol. The van der Waals surface area contributed by atoms with Crippen LogP contribution < -0.4 is 10.6 Å². The molecule has 0 bridgehead atoms. The normalized spacial score (nSPS) is 24.0. The molecule has 17 heavy (non-hydrogen) atoms. The second-order valence-corrected chi connectivity index (χ2v) is 4.72. The number of rotatable bonds is 3. The molecular formula is C13H21N3O. The average Bonchev–Trinajstić information content (AvgIpc) is 2.73. The van der Waals surface area contributed by atoms with E-state index in [4.69, 9.17) is 10.5 Å². The molecule has 1 aliphatic rings. The van der Waals surface area contributed by atoms with Gasteiger partial charge in [-0.1, -0.05) is 0 Å². The Morgan fingerprint density at radius 1 is 1.53 bits per heavy atom. The van der Waals surface area contributed by atoms with E-state index in [1.807, 2.05) is 13.0 Å². The summed E-state index contributed by atoms with van der Waals surface area (Å²) >= 11 is 0. The van der Waals surface area contributed by atoms with Gasteiger partial charge < -0.3 is 15.4 Å². The number of nitrogens with zero attached hydrogens (tertiary/aromatic N) is 2. The molecule has 1 aliphatic heterocycles. The lowest BCUT2D eigenvalue weighted by Crippen LogP contribution is -2.37. The molecule has 0 aliphatic carbocycles. The molecule has 2 unspecified atom stereocenters. The largest absolute Gasteiger partial charge is 0.376 e. The number of aromatic nitrogens is 1. The first-order valence-corrected chi connectivity index (χ1v) is 6.14. The van der Waals surface area contributed by atoms with E-state index in [2.05, 4.69) is 29.9 Å². The van der Waals surface area contributed by atoms with Crippen LogP contribution in [0.1, 0.15) is 24.6 Å².